The molecule has 0 aliphatic carbocycles. The Balaban J connectivity index is 4.28. The number of carboxylic acid groups (broad SMARTS) is 1. The van der Waals surface area contributed by atoms with Gasteiger partial charge in [-0.2, -0.15) is 0 Å². The fourth-order valence-electron chi connectivity index (χ4n) is 1.03. The lowest BCUT2D eigenvalue weighted by Gasteiger charge is -2.19. The Morgan fingerprint density at radius 2 is 2.06 bits per heavy atom. The van der Waals surface area contributed by atoms with Crippen LogP contribution in [0.1, 0.15) is 19.8 Å². The van der Waals surface area contributed by atoms with Crippen LogP contribution >= 0.6 is 0 Å². The third kappa shape index (κ3) is 4.85. The summed E-state index contributed by atoms with van der Waals surface area (Å²) in [6.45, 7) is 1.25. The van der Waals surface area contributed by atoms with Crippen molar-refractivity contribution < 1.29 is 24.6 Å². The number of carbonyl (C=O) groups is 3. The highest BCUT2D eigenvalue weighted by Gasteiger charge is 2.26. The SMILES string of the molecule is C[C@@H](O)[C@H](NC(=O)[C@@H](N)CCC=O)C(=O)O. The van der Waals surface area contributed by atoms with Crippen LogP contribution in [0.15, 0.2) is 0 Å². The molecule has 7 nitrogen and oxygen atoms in total. The van der Waals surface area contributed by atoms with Gasteiger partial charge in [-0.05, 0) is 13.3 Å². The quantitative estimate of drug-likeness (QED) is 0.385. The maximum Gasteiger partial charge on any atom is 0.328 e. The second-order valence-electron chi connectivity index (χ2n) is 3.42. The number of aldehydes is 1. The molecule has 0 saturated carbocycles. The Morgan fingerprint density at radius 1 is 1.50 bits per heavy atom. The molecular weight excluding hydrogens is 216 g/mol. The average Bonchev–Trinajstić information content (AvgIpc) is 2.20. The second-order valence-corrected chi connectivity index (χ2v) is 3.42. The van der Waals surface area contributed by atoms with Crippen LogP contribution in [0.5, 0.6) is 0 Å². The summed E-state index contributed by atoms with van der Waals surface area (Å²) in [6.07, 6.45) is -0.335. The normalized spacial score (nSPS) is 15.9. The van der Waals surface area contributed by atoms with Crippen LogP contribution in [0, 0.1) is 0 Å². The van der Waals surface area contributed by atoms with Gasteiger partial charge in [0.25, 0.3) is 0 Å². The van der Waals surface area contributed by atoms with Crippen molar-refractivity contribution in [3.8, 4) is 0 Å². The van der Waals surface area contributed by atoms with Crippen LogP contribution in [0.25, 0.3) is 0 Å². The molecule has 0 aromatic heterocycles. The minimum atomic E-state index is -1.39. The minimum absolute atomic E-state index is 0.126. The molecule has 1 amide bonds. The molecule has 3 atom stereocenters. The van der Waals surface area contributed by atoms with Crippen LogP contribution in [0.3, 0.4) is 0 Å². The molecule has 0 aromatic carbocycles. The first-order valence-electron chi connectivity index (χ1n) is 4.80. The first-order valence-corrected chi connectivity index (χ1v) is 4.80. The summed E-state index contributed by atoms with van der Waals surface area (Å²) in [5.74, 6) is -2.04. The topological polar surface area (TPSA) is 130 Å². The zero-order valence-corrected chi connectivity index (χ0v) is 8.92. The number of hydrogen-bond acceptors (Lipinski definition) is 5. The number of rotatable bonds is 7. The predicted octanol–water partition coefficient (Wildman–Crippen LogP) is -1.76. The summed E-state index contributed by atoms with van der Waals surface area (Å²) in [7, 11) is 0. The highest BCUT2D eigenvalue weighted by atomic mass is 16.4. The molecule has 92 valence electrons. The lowest BCUT2D eigenvalue weighted by atomic mass is 10.1. The van der Waals surface area contributed by atoms with Crippen molar-refractivity contribution in [2.45, 2.75) is 38.0 Å². The van der Waals surface area contributed by atoms with E-state index >= 15 is 0 Å². The van der Waals surface area contributed by atoms with Crippen LogP contribution in [-0.2, 0) is 14.4 Å². The molecule has 0 spiro atoms. The van der Waals surface area contributed by atoms with Gasteiger partial charge in [0, 0.05) is 6.42 Å². The first kappa shape index (κ1) is 14.5. The Labute approximate surface area is 92.6 Å². The fraction of sp³-hybridized carbons (Fsp3) is 0.667. The summed E-state index contributed by atoms with van der Waals surface area (Å²) >= 11 is 0. The maximum atomic E-state index is 11.3. The van der Waals surface area contributed by atoms with E-state index in [4.69, 9.17) is 15.9 Å². The van der Waals surface area contributed by atoms with Crippen LogP contribution in [0.2, 0.25) is 0 Å². The molecule has 0 aromatic rings. The van der Waals surface area contributed by atoms with Gasteiger partial charge in [-0.1, -0.05) is 0 Å². The van der Waals surface area contributed by atoms with Crippen molar-refractivity contribution in [1.82, 2.24) is 5.32 Å². The number of aliphatic carboxylic acids is 1. The van der Waals surface area contributed by atoms with E-state index in [1.54, 1.807) is 0 Å². The van der Waals surface area contributed by atoms with Gasteiger partial charge in [0.1, 0.15) is 6.29 Å². The summed E-state index contributed by atoms with van der Waals surface area (Å²) in [4.78, 5) is 32.0. The van der Waals surface area contributed by atoms with Crippen LogP contribution in [-0.4, -0.2) is 46.6 Å². The van der Waals surface area contributed by atoms with Crippen molar-refractivity contribution in [3.63, 3.8) is 0 Å². The van der Waals surface area contributed by atoms with Crippen LogP contribution in [0.4, 0.5) is 0 Å². The van der Waals surface area contributed by atoms with Gasteiger partial charge in [0.15, 0.2) is 6.04 Å². The van der Waals surface area contributed by atoms with Gasteiger partial charge in [-0.3, -0.25) is 4.79 Å². The fourth-order valence-corrected chi connectivity index (χ4v) is 1.03. The van der Waals surface area contributed by atoms with E-state index in [-0.39, 0.29) is 12.8 Å². The molecule has 0 fully saturated rings. The van der Waals surface area contributed by atoms with E-state index < -0.39 is 30.1 Å². The van der Waals surface area contributed by atoms with Gasteiger partial charge in [0.2, 0.25) is 5.91 Å². The summed E-state index contributed by atoms with van der Waals surface area (Å²) in [5.41, 5.74) is 5.41. The molecule has 16 heavy (non-hydrogen) atoms. The lowest BCUT2D eigenvalue weighted by molar-refractivity contribution is -0.145. The third-order valence-corrected chi connectivity index (χ3v) is 1.98. The number of carbonyl (C=O) groups excluding carboxylic acids is 2. The molecule has 0 rings (SSSR count). The van der Waals surface area contributed by atoms with Crippen molar-refractivity contribution in [3.05, 3.63) is 0 Å². The second kappa shape index (κ2) is 6.91. The first-order chi connectivity index (χ1) is 7.40. The van der Waals surface area contributed by atoms with Gasteiger partial charge in [0.05, 0.1) is 12.1 Å². The standard InChI is InChI=1S/C9H16N2O5/c1-5(13)7(9(15)16)11-8(14)6(10)3-2-4-12/h4-7,13H,2-3,10H2,1H3,(H,11,14)(H,15,16)/t5-,6+,7+/m1/s1. The largest absolute Gasteiger partial charge is 0.480 e. The van der Waals surface area contributed by atoms with Crippen molar-refractivity contribution in [2.24, 2.45) is 5.73 Å². The van der Waals surface area contributed by atoms with E-state index in [0.717, 1.165) is 0 Å². The number of carboxylic acids is 1. The molecular formula is C9H16N2O5. The number of aliphatic hydroxyl groups excluding tert-OH is 1. The van der Waals surface area contributed by atoms with Crippen molar-refractivity contribution in [2.75, 3.05) is 0 Å². The highest BCUT2D eigenvalue weighted by Crippen LogP contribution is 1.97. The predicted molar refractivity (Wildman–Crippen MR) is 54.5 cm³/mol. The van der Waals surface area contributed by atoms with Crippen molar-refractivity contribution in [1.29, 1.82) is 0 Å². The van der Waals surface area contributed by atoms with Crippen LogP contribution < -0.4 is 11.1 Å². The number of aliphatic hydroxyl groups is 1. The van der Waals surface area contributed by atoms with E-state index in [9.17, 15) is 14.4 Å². The van der Waals surface area contributed by atoms with Gasteiger partial charge >= 0.3 is 5.97 Å². The summed E-state index contributed by atoms with van der Waals surface area (Å²) in [6, 6.07) is -2.35. The lowest BCUT2D eigenvalue weighted by Crippen LogP contribution is -2.52. The van der Waals surface area contributed by atoms with Gasteiger partial charge < -0.3 is 26.1 Å². The molecule has 5 N–H and O–H groups in total. The molecule has 0 aliphatic rings. The smallest absolute Gasteiger partial charge is 0.328 e. The van der Waals surface area contributed by atoms with E-state index in [1.807, 2.05) is 0 Å². The molecule has 0 heterocycles. The molecule has 0 bridgehead atoms. The maximum absolute atomic E-state index is 11.3. The molecule has 0 aliphatic heterocycles. The molecule has 0 radical (unpaired) electrons. The van der Waals surface area contributed by atoms with Crippen molar-refractivity contribution >= 4 is 18.2 Å². The Bertz CT molecular complexity index is 267. The van der Waals surface area contributed by atoms with E-state index in [2.05, 4.69) is 5.32 Å². The zero-order valence-electron chi connectivity index (χ0n) is 8.92. The zero-order chi connectivity index (χ0) is 12.7. The average molecular weight is 232 g/mol. The number of hydrogen-bond donors (Lipinski definition) is 4. The third-order valence-electron chi connectivity index (χ3n) is 1.98. The number of nitrogens with two attached hydrogens (primary N) is 1. The molecule has 0 unspecified atom stereocenters. The Kier molecular flexibility index (Phi) is 6.28. The Hall–Kier alpha value is -1.47. The van der Waals surface area contributed by atoms with Gasteiger partial charge in [-0.25, -0.2) is 4.79 Å². The summed E-state index contributed by atoms with van der Waals surface area (Å²) in [5, 5.41) is 19.9. The number of amides is 1. The number of nitrogens with one attached hydrogen (secondary N) is 1. The molecule has 0 saturated heterocycles. The molecule has 7 heteroatoms. The summed E-state index contributed by atoms with van der Waals surface area (Å²) < 4.78 is 0. The Morgan fingerprint density at radius 3 is 2.44 bits per heavy atom. The van der Waals surface area contributed by atoms with E-state index in [1.165, 1.54) is 6.92 Å². The van der Waals surface area contributed by atoms with E-state index in [0.29, 0.717) is 6.29 Å². The highest BCUT2D eigenvalue weighted by molar-refractivity contribution is 5.87. The monoisotopic (exact) mass is 232 g/mol. The van der Waals surface area contributed by atoms with Gasteiger partial charge in [-0.15, -0.1) is 0 Å². The minimum Gasteiger partial charge on any atom is -0.480 e.